The number of thioether (sulfide) groups is 1. The van der Waals surface area contributed by atoms with E-state index in [-0.39, 0.29) is 5.91 Å². The summed E-state index contributed by atoms with van der Waals surface area (Å²) in [6, 6.07) is 8.09. The quantitative estimate of drug-likeness (QED) is 0.796. The van der Waals surface area contributed by atoms with E-state index in [9.17, 15) is 4.79 Å². The molecule has 0 aliphatic carbocycles. The highest BCUT2D eigenvalue weighted by Gasteiger charge is 2.56. The van der Waals surface area contributed by atoms with Gasteiger partial charge in [0.15, 0.2) is 24.8 Å². The fourth-order valence-corrected chi connectivity index (χ4v) is 4.39. The van der Waals surface area contributed by atoms with E-state index in [1.54, 1.807) is 4.90 Å². The molecule has 3 aliphatic heterocycles. The number of rotatable bonds is 2. The van der Waals surface area contributed by atoms with E-state index in [2.05, 4.69) is 4.99 Å². The summed E-state index contributed by atoms with van der Waals surface area (Å²) in [6.45, 7) is 2.03. The van der Waals surface area contributed by atoms with Crippen molar-refractivity contribution in [3.8, 4) is 0 Å². The predicted octanol–water partition coefficient (Wildman–Crippen LogP) is -0.0885. The molecule has 2 fully saturated rings. The average molecular weight is 363 g/mol. The Bertz CT molecular complexity index is 698. The highest BCUT2D eigenvalue weighted by molar-refractivity contribution is 8.16. The lowest BCUT2D eigenvalue weighted by Gasteiger charge is -2.34. The lowest BCUT2D eigenvalue weighted by Crippen LogP contribution is -3.11. The number of hydrogen-bond donors (Lipinski definition) is 1. The molecular weight excluding hydrogens is 340 g/mol. The first-order valence-corrected chi connectivity index (χ1v) is 9.17. The van der Waals surface area contributed by atoms with E-state index < -0.39 is 11.0 Å². The molecule has 0 aromatic heterocycles. The van der Waals surface area contributed by atoms with Crippen molar-refractivity contribution in [1.82, 2.24) is 4.90 Å². The second-order valence-corrected chi connectivity index (χ2v) is 8.33. The number of nitrogens with one attached hydrogen (secondary N) is 1. The van der Waals surface area contributed by atoms with Crippen LogP contribution in [0.4, 0.5) is 5.69 Å². The molecule has 7 nitrogen and oxygen atoms in total. The van der Waals surface area contributed by atoms with Gasteiger partial charge in [0.1, 0.15) is 4.75 Å². The molecule has 1 N–H and O–H groups in total. The Morgan fingerprint density at radius 3 is 2.60 bits per heavy atom. The van der Waals surface area contributed by atoms with Crippen LogP contribution in [0.3, 0.4) is 0 Å². The molecule has 1 spiro atoms. The lowest BCUT2D eigenvalue weighted by atomic mass is 10.1. The van der Waals surface area contributed by atoms with Crippen LogP contribution in [0.25, 0.3) is 0 Å². The molecule has 25 heavy (non-hydrogen) atoms. The minimum Gasteiger partial charge on any atom is -0.378 e. The maximum atomic E-state index is 12.9. The molecule has 4 rings (SSSR count). The number of carbonyl (C=O) groups excluding carboxylic acids is 1. The van der Waals surface area contributed by atoms with Crippen LogP contribution in [0.1, 0.15) is 11.9 Å². The Labute approximate surface area is 151 Å². The standard InChI is InChI=1S/C17H22N4O3S/c1-19(2)13-6-4-12(5-7-13)14-23-8-17(9-24-14)15(22)21-11-20(3)10-18-16(21)25-17/h4-7,14H,8-11H2,1-3H3/p+1. The number of fused-ring (bicyclic) bond motifs is 1. The van der Waals surface area contributed by atoms with Crippen LogP contribution in [0.15, 0.2) is 29.3 Å². The summed E-state index contributed by atoms with van der Waals surface area (Å²) in [6.07, 6.45) is -0.428. The zero-order valence-corrected chi connectivity index (χ0v) is 15.5. The summed E-state index contributed by atoms with van der Waals surface area (Å²) in [5.41, 5.74) is 2.09. The molecule has 3 aliphatic rings. The fourth-order valence-electron chi connectivity index (χ4n) is 3.20. The first-order chi connectivity index (χ1) is 12.0. The molecule has 1 unspecified atom stereocenters. The Hall–Kier alpha value is -1.61. The van der Waals surface area contributed by atoms with Gasteiger partial charge in [0.05, 0.1) is 20.3 Å². The van der Waals surface area contributed by atoms with Crippen LogP contribution in [0, 0.1) is 0 Å². The van der Waals surface area contributed by atoms with Gasteiger partial charge in [-0.3, -0.25) is 4.79 Å². The van der Waals surface area contributed by atoms with Crippen LogP contribution in [-0.2, 0) is 14.3 Å². The monoisotopic (exact) mass is 363 g/mol. The van der Waals surface area contributed by atoms with Crippen molar-refractivity contribution < 1.29 is 19.2 Å². The van der Waals surface area contributed by atoms with Crippen molar-refractivity contribution in [1.29, 1.82) is 0 Å². The summed E-state index contributed by atoms with van der Waals surface area (Å²) in [5, 5.41) is 0.802. The molecule has 2 saturated heterocycles. The third-order valence-corrected chi connectivity index (χ3v) is 6.02. The maximum absolute atomic E-state index is 12.9. The molecule has 0 bridgehead atoms. The normalized spacial score (nSPS) is 31.9. The highest BCUT2D eigenvalue weighted by atomic mass is 32.2. The number of hydrogen-bond acceptors (Lipinski definition) is 6. The number of ether oxygens (including phenoxy) is 2. The van der Waals surface area contributed by atoms with Crippen LogP contribution in [0.2, 0.25) is 0 Å². The zero-order chi connectivity index (χ0) is 17.6. The molecule has 1 aromatic carbocycles. The Morgan fingerprint density at radius 2 is 1.96 bits per heavy atom. The number of anilines is 1. The summed E-state index contributed by atoms with van der Waals surface area (Å²) in [7, 11) is 6.04. The second kappa shape index (κ2) is 6.28. The van der Waals surface area contributed by atoms with Crippen LogP contribution < -0.4 is 9.80 Å². The third-order valence-electron chi connectivity index (χ3n) is 4.68. The third kappa shape index (κ3) is 2.93. The number of carbonyl (C=O) groups is 1. The van der Waals surface area contributed by atoms with Gasteiger partial charge in [-0.1, -0.05) is 23.9 Å². The van der Waals surface area contributed by atoms with Gasteiger partial charge in [-0.2, -0.15) is 0 Å². The number of amides is 1. The number of amidine groups is 1. The predicted molar refractivity (Wildman–Crippen MR) is 96.6 cm³/mol. The molecule has 0 radical (unpaired) electrons. The Kier molecular flexibility index (Phi) is 4.23. The van der Waals surface area contributed by atoms with E-state index in [1.807, 2.05) is 50.3 Å². The van der Waals surface area contributed by atoms with Gasteiger partial charge in [-0.05, 0) is 12.1 Å². The minimum absolute atomic E-state index is 0.0525. The smallest absolute Gasteiger partial charge is 0.254 e. The lowest BCUT2D eigenvalue weighted by molar-refractivity contribution is -0.888. The number of quaternary nitrogens is 1. The number of nitrogens with zero attached hydrogens (tertiary/aromatic N) is 3. The molecule has 1 aromatic rings. The number of benzene rings is 1. The van der Waals surface area contributed by atoms with E-state index in [4.69, 9.17) is 9.47 Å². The Balaban J connectivity index is 1.46. The summed E-state index contributed by atoms with van der Waals surface area (Å²) in [4.78, 5) is 22.4. The molecular formula is C17H23N4O3S+. The van der Waals surface area contributed by atoms with Gasteiger partial charge in [-0.25, -0.2) is 9.89 Å². The van der Waals surface area contributed by atoms with Gasteiger partial charge in [0, 0.05) is 25.3 Å². The Morgan fingerprint density at radius 1 is 1.28 bits per heavy atom. The fraction of sp³-hybridized carbons (Fsp3) is 0.529. The highest BCUT2D eigenvalue weighted by Crippen LogP contribution is 2.42. The van der Waals surface area contributed by atoms with Crippen molar-refractivity contribution in [3.63, 3.8) is 0 Å². The first kappa shape index (κ1) is 16.8. The van der Waals surface area contributed by atoms with Gasteiger partial charge in [0.2, 0.25) is 0 Å². The number of aliphatic imine (C=N–C) groups is 1. The van der Waals surface area contributed by atoms with Crippen LogP contribution in [-0.4, -0.2) is 68.4 Å². The summed E-state index contributed by atoms with van der Waals surface area (Å²) >= 11 is 1.49. The van der Waals surface area contributed by atoms with Gasteiger partial charge in [-0.15, -0.1) is 0 Å². The van der Waals surface area contributed by atoms with Gasteiger partial charge >= 0.3 is 0 Å². The van der Waals surface area contributed by atoms with Crippen molar-refractivity contribution in [3.05, 3.63) is 29.8 Å². The summed E-state index contributed by atoms with van der Waals surface area (Å²) in [5.74, 6) is 0.0525. The van der Waals surface area contributed by atoms with E-state index in [0.717, 1.165) is 16.4 Å². The molecule has 3 heterocycles. The van der Waals surface area contributed by atoms with Crippen LogP contribution >= 0.6 is 11.8 Å². The van der Waals surface area contributed by atoms with E-state index in [0.29, 0.717) is 26.6 Å². The maximum Gasteiger partial charge on any atom is 0.254 e. The topological polar surface area (TPSA) is 58.8 Å². The van der Waals surface area contributed by atoms with E-state index >= 15 is 0 Å². The SMILES string of the molecule is CN(C)c1ccc(C2OCC3(CO2)SC2=NC[NH+](C)CN2C3=O)cc1. The largest absolute Gasteiger partial charge is 0.378 e. The second-order valence-electron chi connectivity index (χ2n) is 6.98. The zero-order valence-electron chi connectivity index (χ0n) is 14.7. The van der Waals surface area contributed by atoms with Crippen molar-refractivity contribution in [2.24, 2.45) is 4.99 Å². The molecule has 1 atom stereocenters. The van der Waals surface area contributed by atoms with E-state index in [1.165, 1.54) is 16.7 Å². The van der Waals surface area contributed by atoms with Gasteiger partial charge in [0.25, 0.3) is 5.91 Å². The summed E-state index contributed by atoms with van der Waals surface area (Å²) < 4.78 is 11.2. The van der Waals surface area contributed by atoms with Crippen LogP contribution in [0.5, 0.6) is 0 Å². The van der Waals surface area contributed by atoms with Crippen molar-refractivity contribution in [2.45, 2.75) is 11.0 Å². The van der Waals surface area contributed by atoms with Crippen molar-refractivity contribution in [2.75, 3.05) is 52.6 Å². The van der Waals surface area contributed by atoms with Crippen molar-refractivity contribution >= 4 is 28.5 Å². The molecule has 134 valence electrons. The average Bonchev–Trinajstić information content (AvgIpc) is 2.88. The molecule has 1 amide bonds. The molecule has 0 saturated carbocycles. The first-order valence-electron chi connectivity index (χ1n) is 8.36. The van der Waals surface area contributed by atoms with Gasteiger partial charge < -0.3 is 19.3 Å². The molecule has 8 heteroatoms. The minimum atomic E-state index is -0.691.